The summed E-state index contributed by atoms with van der Waals surface area (Å²) >= 11 is 0. The summed E-state index contributed by atoms with van der Waals surface area (Å²) in [6.45, 7) is 1.80. The first kappa shape index (κ1) is 12.5. The predicted molar refractivity (Wildman–Crippen MR) is 62.1 cm³/mol. The molecule has 16 heavy (non-hydrogen) atoms. The van der Waals surface area contributed by atoms with Crippen LogP contribution in [0.2, 0.25) is 0 Å². The van der Waals surface area contributed by atoms with E-state index >= 15 is 0 Å². The summed E-state index contributed by atoms with van der Waals surface area (Å²) in [5, 5.41) is 0. The number of nitrogens with two attached hydrogens (primary N) is 1. The Labute approximate surface area is 95.3 Å². The van der Waals surface area contributed by atoms with Crippen LogP contribution in [0.5, 0.6) is 11.5 Å². The molecule has 0 aliphatic heterocycles. The average Bonchev–Trinajstić information content (AvgIpc) is 2.27. The molecule has 0 fully saturated rings. The molecule has 0 aliphatic carbocycles. The first-order valence-corrected chi connectivity index (χ1v) is 5.09. The standard InChI is InChI=1S/C12H17NO3/c1-8(13)6-11(14)10-5-4-9(15-2)7-12(10)16-3/h4-5,7-8H,6,13H2,1-3H3. The molecular weight excluding hydrogens is 206 g/mol. The molecule has 1 atom stereocenters. The normalized spacial score (nSPS) is 12.0. The molecule has 0 saturated carbocycles. The third kappa shape index (κ3) is 2.97. The molecule has 0 spiro atoms. The number of methoxy groups -OCH3 is 2. The van der Waals surface area contributed by atoms with Gasteiger partial charge in [-0.05, 0) is 19.1 Å². The van der Waals surface area contributed by atoms with Gasteiger partial charge in [0.25, 0.3) is 0 Å². The minimum absolute atomic E-state index is 0.0190. The number of benzene rings is 1. The lowest BCUT2D eigenvalue weighted by Crippen LogP contribution is -2.20. The van der Waals surface area contributed by atoms with Gasteiger partial charge in [-0.1, -0.05) is 0 Å². The molecule has 4 heteroatoms. The third-order valence-corrected chi connectivity index (χ3v) is 2.22. The van der Waals surface area contributed by atoms with Gasteiger partial charge >= 0.3 is 0 Å². The molecule has 4 nitrogen and oxygen atoms in total. The van der Waals surface area contributed by atoms with Crippen molar-refractivity contribution in [3.8, 4) is 11.5 Å². The van der Waals surface area contributed by atoms with E-state index in [2.05, 4.69) is 0 Å². The maximum atomic E-state index is 11.8. The van der Waals surface area contributed by atoms with Crippen LogP contribution in [0.25, 0.3) is 0 Å². The first-order valence-electron chi connectivity index (χ1n) is 5.09. The first-order chi connectivity index (χ1) is 7.58. The second-order valence-electron chi connectivity index (χ2n) is 3.67. The molecule has 0 bridgehead atoms. The van der Waals surface area contributed by atoms with Crippen molar-refractivity contribution in [2.75, 3.05) is 14.2 Å². The Morgan fingerprint density at radius 3 is 2.56 bits per heavy atom. The monoisotopic (exact) mass is 223 g/mol. The lowest BCUT2D eigenvalue weighted by molar-refractivity contribution is 0.0973. The average molecular weight is 223 g/mol. The smallest absolute Gasteiger partial charge is 0.168 e. The Kier molecular flexibility index (Phi) is 4.31. The van der Waals surface area contributed by atoms with Crippen molar-refractivity contribution < 1.29 is 14.3 Å². The van der Waals surface area contributed by atoms with Gasteiger partial charge < -0.3 is 15.2 Å². The number of rotatable bonds is 5. The van der Waals surface area contributed by atoms with E-state index < -0.39 is 0 Å². The van der Waals surface area contributed by atoms with Crippen molar-refractivity contribution in [2.45, 2.75) is 19.4 Å². The highest BCUT2D eigenvalue weighted by molar-refractivity contribution is 5.99. The van der Waals surface area contributed by atoms with E-state index in [4.69, 9.17) is 15.2 Å². The van der Waals surface area contributed by atoms with Gasteiger partial charge in [0.1, 0.15) is 11.5 Å². The Hall–Kier alpha value is -1.55. The van der Waals surface area contributed by atoms with Crippen molar-refractivity contribution in [1.29, 1.82) is 0 Å². The van der Waals surface area contributed by atoms with Gasteiger partial charge in [-0.3, -0.25) is 4.79 Å². The summed E-state index contributed by atoms with van der Waals surface area (Å²) < 4.78 is 10.2. The molecular formula is C12H17NO3. The van der Waals surface area contributed by atoms with E-state index in [9.17, 15) is 4.79 Å². The number of hydrogen-bond acceptors (Lipinski definition) is 4. The van der Waals surface area contributed by atoms with Crippen LogP contribution in [0.15, 0.2) is 18.2 Å². The van der Waals surface area contributed by atoms with Crippen LogP contribution in [0.1, 0.15) is 23.7 Å². The van der Waals surface area contributed by atoms with Crippen LogP contribution in [0, 0.1) is 0 Å². The van der Waals surface area contributed by atoms with E-state index in [0.717, 1.165) is 0 Å². The molecule has 0 aliphatic rings. The Morgan fingerprint density at radius 1 is 1.38 bits per heavy atom. The molecule has 2 N–H and O–H groups in total. The molecule has 0 aromatic heterocycles. The molecule has 1 aromatic carbocycles. The fraction of sp³-hybridized carbons (Fsp3) is 0.417. The van der Waals surface area contributed by atoms with Crippen molar-refractivity contribution in [1.82, 2.24) is 0 Å². The highest BCUT2D eigenvalue weighted by Gasteiger charge is 2.14. The number of carbonyl (C=O) groups excluding carboxylic acids is 1. The van der Waals surface area contributed by atoms with Crippen LogP contribution in [0.3, 0.4) is 0 Å². The summed E-state index contributed by atoms with van der Waals surface area (Å²) in [6.07, 6.45) is 0.308. The Bertz CT molecular complexity index is 375. The summed E-state index contributed by atoms with van der Waals surface area (Å²) in [6, 6.07) is 4.97. The summed E-state index contributed by atoms with van der Waals surface area (Å²) in [7, 11) is 3.09. The SMILES string of the molecule is COc1ccc(C(=O)CC(C)N)c(OC)c1. The van der Waals surface area contributed by atoms with Gasteiger partial charge in [-0.25, -0.2) is 0 Å². The maximum Gasteiger partial charge on any atom is 0.168 e. The van der Waals surface area contributed by atoms with Crippen molar-refractivity contribution >= 4 is 5.78 Å². The molecule has 0 heterocycles. The minimum Gasteiger partial charge on any atom is -0.497 e. The second-order valence-corrected chi connectivity index (χ2v) is 3.67. The summed E-state index contributed by atoms with van der Waals surface area (Å²) in [5.74, 6) is 1.16. The zero-order valence-corrected chi connectivity index (χ0v) is 9.82. The van der Waals surface area contributed by atoms with Gasteiger partial charge in [0.2, 0.25) is 0 Å². The fourth-order valence-corrected chi connectivity index (χ4v) is 1.43. The van der Waals surface area contributed by atoms with Gasteiger partial charge in [0.05, 0.1) is 19.8 Å². The van der Waals surface area contributed by atoms with Gasteiger partial charge in [-0.2, -0.15) is 0 Å². The number of carbonyl (C=O) groups is 1. The van der Waals surface area contributed by atoms with Crippen LogP contribution < -0.4 is 15.2 Å². The molecule has 1 unspecified atom stereocenters. The number of Topliss-reactive ketones (excluding diaryl/α,β-unsaturated/α-hetero) is 1. The largest absolute Gasteiger partial charge is 0.497 e. The quantitative estimate of drug-likeness (QED) is 0.770. The van der Waals surface area contributed by atoms with Crippen molar-refractivity contribution in [3.05, 3.63) is 23.8 Å². The minimum atomic E-state index is -0.153. The summed E-state index contributed by atoms with van der Waals surface area (Å²) in [4.78, 5) is 11.8. The lowest BCUT2D eigenvalue weighted by Gasteiger charge is -2.10. The summed E-state index contributed by atoms with van der Waals surface area (Å²) in [5.41, 5.74) is 6.13. The van der Waals surface area contributed by atoms with Crippen molar-refractivity contribution in [2.24, 2.45) is 5.73 Å². The van der Waals surface area contributed by atoms with Crippen LogP contribution in [-0.4, -0.2) is 26.0 Å². The zero-order chi connectivity index (χ0) is 12.1. The van der Waals surface area contributed by atoms with E-state index in [1.807, 2.05) is 0 Å². The maximum absolute atomic E-state index is 11.8. The van der Waals surface area contributed by atoms with E-state index in [1.54, 1.807) is 32.2 Å². The molecule has 0 amide bonds. The van der Waals surface area contributed by atoms with Gasteiger partial charge in [0.15, 0.2) is 5.78 Å². The lowest BCUT2D eigenvalue weighted by atomic mass is 10.0. The molecule has 0 saturated heterocycles. The zero-order valence-electron chi connectivity index (χ0n) is 9.82. The van der Waals surface area contributed by atoms with E-state index in [-0.39, 0.29) is 11.8 Å². The van der Waals surface area contributed by atoms with Crippen LogP contribution in [-0.2, 0) is 0 Å². The number of ketones is 1. The number of ether oxygens (including phenoxy) is 2. The second kappa shape index (κ2) is 5.51. The Balaban J connectivity index is 2.99. The highest BCUT2D eigenvalue weighted by atomic mass is 16.5. The van der Waals surface area contributed by atoms with Crippen LogP contribution in [0.4, 0.5) is 0 Å². The third-order valence-electron chi connectivity index (χ3n) is 2.22. The Morgan fingerprint density at radius 2 is 2.06 bits per heavy atom. The molecule has 88 valence electrons. The van der Waals surface area contributed by atoms with E-state index in [0.29, 0.717) is 23.5 Å². The van der Waals surface area contributed by atoms with Gasteiger partial charge in [0, 0.05) is 18.5 Å². The van der Waals surface area contributed by atoms with Crippen LogP contribution >= 0.6 is 0 Å². The molecule has 0 radical (unpaired) electrons. The number of hydrogen-bond donors (Lipinski definition) is 1. The molecule has 1 rings (SSSR count). The molecule has 1 aromatic rings. The highest BCUT2D eigenvalue weighted by Crippen LogP contribution is 2.25. The predicted octanol–water partition coefficient (Wildman–Crippen LogP) is 1.62. The fourth-order valence-electron chi connectivity index (χ4n) is 1.43. The topological polar surface area (TPSA) is 61.5 Å². The van der Waals surface area contributed by atoms with Gasteiger partial charge in [-0.15, -0.1) is 0 Å². The van der Waals surface area contributed by atoms with Crippen molar-refractivity contribution in [3.63, 3.8) is 0 Å². The van der Waals surface area contributed by atoms with E-state index in [1.165, 1.54) is 7.11 Å².